The normalized spacial score (nSPS) is 11.8. The van der Waals surface area contributed by atoms with Crippen LogP contribution < -0.4 is 4.72 Å². The topological polar surface area (TPSA) is 70.0 Å². The number of nitriles is 1. The Morgan fingerprint density at radius 1 is 1.12 bits per heavy atom. The van der Waals surface area contributed by atoms with Crippen LogP contribution in [0.4, 0.5) is 18.9 Å². The van der Waals surface area contributed by atoms with Gasteiger partial charge >= 0.3 is 6.18 Å². The van der Waals surface area contributed by atoms with E-state index in [1.54, 1.807) is 26.0 Å². The highest BCUT2D eigenvalue weighted by Crippen LogP contribution is 2.32. The van der Waals surface area contributed by atoms with Gasteiger partial charge < -0.3 is 0 Å². The van der Waals surface area contributed by atoms with E-state index in [9.17, 15) is 21.6 Å². The molecule has 0 aliphatic rings. The molecule has 25 heavy (non-hydrogen) atoms. The molecule has 0 radical (unpaired) electrons. The SMILES string of the molecule is Cc1cc(SC#N)cc(C)c1NS(=O)(=O)c1cccc(C(F)(F)F)c1. The lowest BCUT2D eigenvalue weighted by Gasteiger charge is -2.15. The molecule has 0 atom stereocenters. The van der Waals surface area contributed by atoms with Crippen LogP contribution in [-0.2, 0) is 16.2 Å². The van der Waals surface area contributed by atoms with Crippen molar-refractivity contribution >= 4 is 27.5 Å². The number of hydrogen-bond donors (Lipinski definition) is 1. The molecule has 0 heterocycles. The molecule has 132 valence electrons. The quantitative estimate of drug-likeness (QED) is 0.611. The summed E-state index contributed by atoms with van der Waals surface area (Å²) >= 11 is 0.935. The number of hydrogen-bond acceptors (Lipinski definition) is 4. The maximum atomic E-state index is 12.8. The van der Waals surface area contributed by atoms with Crippen molar-refractivity contribution in [1.82, 2.24) is 0 Å². The predicted octanol–water partition coefficient (Wildman–Crippen LogP) is 4.70. The standard InChI is InChI=1S/C16H13F3N2O2S2/c1-10-6-13(24-9-20)7-11(2)15(10)21-25(22,23)14-5-3-4-12(8-14)16(17,18)19/h3-8,21H,1-2H3. The summed E-state index contributed by atoms with van der Waals surface area (Å²) in [6.45, 7) is 3.30. The summed E-state index contributed by atoms with van der Waals surface area (Å²) in [5, 5.41) is 10.6. The van der Waals surface area contributed by atoms with Crippen molar-refractivity contribution in [3.63, 3.8) is 0 Å². The summed E-state index contributed by atoms with van der Waals surface area (Å²) in [4.78, 5) is 0.177. The molecule has 0 fully saturated rings. The smallest absolute Gasteiger partial charge is 0.279 e. The Balaban J connectivity index is 2.42. The molecular formula is C16H13F3N2O2S2. The van der Waals surface area contributed by atoms with Crippen molar-refractivity contribution in [3.8, 4) is 5.40 Å². The third kappa shape index (κ3) is 4.46. The molecule has 0 saturated carbocycles. The minimum absolute atomic E-state index is 0.278. The van der Waals surface area contributed by atoms with E-state index in [2.05, 4.69) is 4.72 Å². The van der Waals surface area contributed by atoms with Crippen LogP contribution in [0.15, 0.2) is 46.2 Å². The summed E-state index contributed by atoms with van der Waals surface area (Å²) in [6.07, 6.45) is -4.63. The predicted molar refractivity (Wildman–Crippen MR) is 89.6 cm³/mol. The molecule has 0 aromatic heterocycles. The minimum Gasteiger partial charge on any atom is -0.279 e. The second-order valence-corrected chi connectivity index (χ2v) is 7.80. The molecule has 2 aromatic rings. The van der Waals surface area contributed by atoms with Gasteiger partial charge in [0.2, 0.25) is 0 Å². The average molecular weight is 386 g/mol. The Morgan fingerprint density at radius 2 is 1.72 bits per heavy atom. The summed E-state index contributed by atoms with van der Waals surface area (Å²) in [5.74, 6) is 0. The molecule has 2 aromatic carbocycles. The third-order valence-corrected chi connectivity index (χ3v) is 5.29. The molecule has 4 nitrogen and oxygen atoms in total. The van der Waals surface area contributed by atoms with Gasteiger partial charge in [0.05, 0.1) is 16.1 Å². The molecule has 0 spiro atoms. The maximum absolute atomic E-state index is 12.8. The van der Waals surface area contributed by atoms with Crippen LogP contribution in [0.3, 0.4) is 0 Å². The van der Waals surface area contributed by atoms with E-state index in [1.165, 1.54) is 0 Å². The number of nitrogens with zero attached hydrogens (tertiary/aromatic N) is 1. The van der Waals surface area contributed by atoms with E-state index in [1.807, 2.05) is 5.40 Å². The highest BCUT2D eigenvalue weighted by atomic mass is 32.2. The van der Waals surface area contributed by atoms with Gasteiger partial charge in [-0.2, -0.15) is 18.4 Å². The van der Waals surface area contributed by atoms with Gasteiger partial charge in [0.1, 0.15) is 5.40 Å². The number of rotatable bonds is 4. The van der Waals surface area contributed by atoms with Crippen molar-refractivity contribution in [2.24, 2.45) is 0 Å². The zero-order valence-corrected chi connectivity index (χ0v) is 14.8. The first-order valence-electron chi connectivity index (χ1n) is 6.92. The van der Waals surface area contributed by atoms with Gasteiger partial charge in [0.25, 0.3) is 10.0 Å². The number of thioether (sulfide) groups is 1. The lowest BCUT2D eigenvalue weighted by atomic mass is 10.1. The number of alkyl halides is 3. The zero-order chi connectivity index (χ0) is 18.8. The van der Waals surface area contributed by atoms with Crippen molar-refractivity contribution in [1.29, 1.82) is 5.26 Å². The van der Waals surface area contributed by atoms with E-state index >= 15 is 0 Å². The third-order valence-electron chi connectivity index (χ3n) is 3.38. The fraction of sp³-hybridized carbons (Fsp3) is 0.188. The van der Waals surface area contributed by atoms with E-state index < -0.39 is 26.7 Å². The number of halogens is 3. The van der Waals surface area contributed by atoms with Crippen molar-refractivity contribution in [2.45, 2.75) is 29.8 Å². The second kappa shape index (κ2) is 6.98. The first-order chi connectivity index (χ1) is 11.5. The molecule has 9 heteroatoms. The van der Waals surface area contributed by atoms with Crippen LogP contribution in [0.1, 0.15) is 16.7 Å². The fourth-order valence-electron chi connectivity index (χ4n) is 2.23. The van der Waals surface area contributed by atoms with E-state index in [-0.39, 0.29) is 5.69 Å². The molecule has 1 N–H and O–H groups in total. The molecule has 0 amide bonds. The first kappa shape index (κ1) is 19.1. The Hall–Kier alpha value is -2.18. The van der Waals surface area contributed by atoms with Gasteiger partial charge in [-0.3, -0.25) is 4.72 Å². The fourth-order valence-corrected chi connectivity index (χ4v) is 4.05. The monoisotopic (exact) mass is 386 g/mol. The van der Waals surface area contributed by atoms with Crippen LogP contribution in [0.5, 0.6) is 0 Å². The number of thiocyanates is 1. The van der Waals surface area contributed by atoms with E-state index in [0.717, 1.165) is 30.0 Å². The van der Waals surface area contributed by atoms with Gasteiger partial charge in [-0.15, -0.1) is 0 Å². The number of anilines is 1. The molecule has 0 aliphatic heterocycles. The summed E-state index contributed by atoms with van der Waals surface area (Å²) in [7, 11) is -4.19. The lowest BCUT2D eigenvalue weighted by molar-refractivity contribution is -0.137. The van der Waals surface area contributed by atoms with Crippen molar-refractivity contribution in [3.05, 3.63) is 53.1 Å². The maximum Gasteiger partial charge on any atom is 0.416 e. The average Bonchev–Trinajstić information content (AvgIpc) is 2.51. The van der Waals surface area contributed by atoms with Gasteiger partial charge in [0.15, 0.2) is 0 Å². The largest absolute Gasteiger partial charge is 0.416 e. The highest BCUT2D eigenvalue weighted by Gasteiger charge is 2.31. The van der Waals surface area contributed by atoms with Gasteiger partial charge in [0, 0.05) is 4.90 Å². The first-order valence-corrected chi connectivity index (χ1v) is 9.22. The Bertz CT molecular complexity index is 926. The van der Waals surface area contributed by atoms with Gasteiger partial charge in [-0.25, -0.2) is 8.42 Å². The summed E-state index contributed by atoms with van der Waals surface area (Å²) < 4.78 is 65.6. The number of benzene rings is 2. The Kier molecular flexibility index (Phi) is 5.34. The van der Waals surface area contributed by atoms with Crippen LogP contribution in [0.2, 0.25) is 0 Å². The Labute approximate surface area is 147 Å². The number of nitrogens with one attached hydrogen (secondary N) is 1. The van der Waals surface area contributed by atoms with Gasteiger partial charge in [-0.05, 0) is 67.1 Å². The Morgan fingerprint density at radius 3 is 2.24 bits per heavy atom. The lowest BCUT2D eigenvalue weighted by Crippen LogP contribution is -2.16. The van der Waals surface area contributed by atoms with Crippen LogP contribution in [0, 0.1) is 24.5 Å². The molecule has 2 rings (SSSR count). The highest BCUT2D eigenvalue weighted by molar-refractivity contribution is 8.03. The van der Waals surface area contributed by atoms with Crippen LogP contribution in [0.25, 0.3) is 0 Å². The van der Waals surface area contributed by atoms with Gasteiger partial charge in [-0.1, -0.05) is 6.07 Å². The molecular weight excluding hydrogens is 373 g/mol. The van der Waals surface area contributed by atoms with Crippen molar-refractivity contribution < 1.29 is 21.6 Å². The molecule has 0 aliphatic carbocycles. The van der Waals surface area contributed by atoms with Crippen LogP contribution >= 0.6 is 11.8 Å². The number of aryl methyl sites for hydroxylation is 2. The minimum atomic E-state index is -4.63. The van der Waals surface area contributed by atoms with Crippen LogP contribution in [-0.4, -0.2) is 8.42 Å². The van der Waals surface area contributed by atoms with Crippen molar-refractivity contribution in [2.75, 3.05) is 4.72 Å². The second-order valence-electron chi connectivity index (χ2n) is 5.26. The summed E-state index contributed by atoms with van der Waals surface area (Å²) in [5.41, 5.74) is 0.367. The van der Waals surface area contributed by atoms with E-state index in [4.69, 9.17) is 5.26 Å². The molecule has 0 saturated heterocycles. The zero-order valence-electron chi connectivity index (χ0n) is 13.2. The summed E-state index contributed by atoms with van der Waals surface area (Å²) in [6, 6.07) is 6.80. The molecule has 0 unspecified atom stereocenters. The number of sulfonamides is 1. The molecule has 0 bridgehead atoms. The van der Waals surface area contributed by atoms with E-state index in [0.29, 0.717) is 22.1 Å².